The molecule has 33 heavy (non-hydrogen) atoms. The number of rotatable bonds is 8. The summed E-state index contributed by atoms with van der Waals surface area (Å²) in [6.07, 6.45) is 0. The maximum atomic E-state index is 13.4. The summed E-state index contributed by atoms with van der Waals surface area (Å²) in [6.45, 7) is 0.255. The number of ether oxygens (including phenoxy) is 1. The van der Waals surface area contributed by atoms with Crippen LogP contribution >= 0.6 is 22.7 Å². The number of nitrogens with zero attached hydrogens (tertiary/aromatic N) is 2. The number of aromatic hydroxyl groups is 1. The second-order valence-corrected chi connectivity index (χ2v) is 9.78. The molecule has 0 fully saturated rings. The van der Waals surface area contributed by atoms with Gasteiger partial charge in [-0.2, -0.15) is 0 Å². The second kappa shape index (κ2) is 9.38. The van der Waals surface area contributed by atoms with Crippen molar-refractivity contribution in [2.75, 3.05) is 27.7 Å². The average molecular weight is 485 g/mol. The number of ketones is 1. The fraction of sp³-hybridized carbons (Fsp3) is 0.250. The molecule has 0 radical (unpaired) electrons. The number of aliphatic hydroxyl groups is 1. The molecule has 7 nitrogen and oxygen atoms in total. The largest absolute Gasteiger partial charge is 0.504 e. The summed E-state index contributed by atoms with van der Waals surface area (Å²) in [5.74, 6) is -1.38. The Morgan fingerprint density at radius 2 is 1.88 bits per heavy atom. The zero-order valence-corrected chi connectivity index (χ0v) is 20.0. The standard InChI is InChI=1S/C24H24N2O5S2/c1-25(2)15(18-6-4-10-32-18)13-26-21(14-8-9-16(27)17(12-14)31-3)20(23(29)24(26)30)22(28)19-7-5-11-33-19/h4-12,15,21,27,29H,13H2,1-3H3/t15-,21-/m0/s1. The molecule has 0 saturated carbocycles. The molecule has 3 heterocycles. The molecule has 1 aliphatic heterocycles. The van der Waals surface area contributed by atoms with Gasteiger partial charge in [0.25, 0.3) is 5.91 Å². The highest BCUT2D eigenvalue weighted by Crippen LogP contribution is 2.43. The van der Waals surface area contributed by atoms with E-state index in [0.29, 0.717) is 10.4 Å². The van der Waals surface area contributed by atoms with E-state index in [2.05, 4.69) is 0 Å². The first kappa shape index (κ1) is 23.0. The monoisotopic (exact) mass is 484 g/mol. The number of carbonyl (C=O) groups is 2. The van der Waals surface area contributed by atoms with Crippen molar-refractivity contribution in [1.82, 2.24) is 9.80 Å². The van der Waals surface area contributed by atoms with Gasteiger partial charge < -0.3 is 24.7 Å². The van der Waals surface area contributed by atoms with Crippen molar-refractivity contribution >= 4 is 34.4 Å². The van der Waals surface area contributed by atoms with Crippen molar-refractivity contribution in [1.29, 1.82) is 0 Å². The summed E-state index contributed by atoms with van der Waals surface area (Å²) in [5.41, 5.74) is 0.588. The van der Waals surface area contributed by atoms with Crippen molar-refractivity contribution in [3.8, 4) is 11.5 Å². The predicted molar refractivity (Wildman–Crippen MR) is 128 cm³/mol. The summed E-state index contributed by atoms with van der Waals surface area (Å²) in [7, 11) is 5.28. The second-order valence-electron chi connectivity index (χ2n) is 7.85. The van der Waals surface area contributed by atoms with E-state index in [-0.39, 0.29) is 29.7 Å². The van der Waals surface area contributed by atoms with Gasteiger partial charge in [-0.05, 0) is 54.7 Å². The highest BCUT2D eigenvalue weighted by atomic mass is 32.1. The van der Waals surface area contributed by atoms with Crippen LogP contribution in [0.3, 0.4) is 0 Å². The normalized spacial score (nSPS) is 17.2. The van der Waals surface area contributed by atoms with Gasteiger partial charge in [-0.25, -0.2) is 0 Å². The fourth-order valence-corrected chi connectivity index (χ4v) is 5.59. The third-order valence-corrected chi connectivity index (χ3v) is 7.52. The number of Topliss-reactive ketones (excluding diaryl/α,β-unsaturated/α-hetero) is 1. The van der Waals surface area contributed by atoms with Crippen LogP contribution in [0.5, 0.6) is 11.5 Å². The molecular formula is C24H24N2O5S2. The predicted octanol–water partition coefficient (Wildman–Crippen LogP) is 4.41. The molecule has 172 valence electrons. The number of phenols is 1. The van der Waals surface area contributed by atoms with Crippen LogP contribution in [-0.4, -0.2) is 59.5 Å². The van der Waals surface area contributed by atoms with Gasteiger partial charge in [-0.1, -0.05) is 18.2 Å². The first-order chi connectivity index (χ1) is 15.8. The molecule has 1 aliphatic rings. The van der Waals surface area contributed by atoms with E-state index in [9.17, 15) is 19.8 Å². The van der Waals surface area contributed by atoms with E-state index in [1.54, 1.807) is 41.0 Å². The topological polar surface area (TPSA) is 90.3 Å². The molecule has 0 bridgehead atoms. The van der Waals surface area contributed by atoms with Crippen LogP contribution in [0.15, 0.2) is 64.6 Å². The number of hydrogen-bond donors (Lipinski definition) is 2. The number of thiophene rings is 2. The van der Waals surface area contributed by atoms with Crippen molar-refractivity contribution in [2.24, 2.45) is 0 Å². The van der Waals surface area contributed by atoms with Crippen molar-refractivity contribution in [3.63, 3.8) is 0 Å². The number of carbonyl (C=O) groups excluding carboxylic acids is 2. The molecule has 3 aromatic rings. The summed E-state index contributed by atoms with van der Waals surface area (Å²) in [5, 5.41) is 24.7. The van der Waals surface area contributed by atoms with Crippen LogP contribution in [0.1, 0.15) is 32.2 Å². The molecule has 9 heteroatoms. The van der Waals surface area contributed by atoms with E-state index >= 15 is 0 Å². The Hall–Kier alpha value is -3.14. The average Bonchev–Trinajstić information content (AvgIpc) is 3.55. The third-order valence-electron chi connectivity index (χ3n) is 5.68. The Morgan fingerprint density at radius 1 is 1.15 bits per heavy atom. The maximum absolute atomic E-state index is 13.4. The van der Waals surface area contributed by atoms with Crippen LogP contribution in [0.4, 0.5) is 0 Å². The van der Waals surface area contributed by atoms with Crippen LogP contribution in [0.25, 0.3) is 0 Å². The number of likely N-dealkylation sites (N-methyl/N-ethyl adjacent to an activating group) is 1. The molecule has 0 aliphatic carbocycles. The maximum Gasteiger partial charge on any atom is 0.290 e. The lowest BCUT2D eigenvalue weighted by atomic mass is 9.94. The van der Waals surface area contributed by atoms with Crippen LogP contribution in [0.2, 0.25) is 0 Å². The molecule has 0 unspecified atom stereocenters. The van der Waals surface area contributed by atoms with Crippen LogP contribution in [0, 0.1) is 0 Å². The summed E-state index contributed by atoms with van der Waals surface area (Å²) < 4.78 is 5.26. The van der Waals surface area contributed by atoms with E-state index in [4.69, 9.17) is 4.74 Å². The highest BCUT2D eigenvalue weighted by Gasteiger charge is 2.45. The zero-order valence-electron chi connectivity index (χ0n) is 18.4. The minimum absolute atomic E-state index is 0.0267. The molecule has 1 aromatic carbocycles. The van der Waals surface area contributed by atoms with Gasteiger partial charge in [-0.3, -0.25) is 9.59 Å². The fourth-order valence-electron chi connectivity index (χ4n) is 4.00. The molecule has 1 amide bonds. The van der Waals surface area contributed by atoms with Crippen LogP contribution < -0.4 is 4.74 Å². The quantitative estimate of drug-likeness (QED) is 0.461. The zero-order chi connectivity index (χ0) is 23.7. The van der Waals surface area contributed by atoms with Gasteiger partial charge in [-0.15, -0.1) is 22.7 Å². The van der Waals surface area contributed by atoms with Gasteiger partial charge in [0, 0.05) is 11.4 Å². The van der Waals surface area contributed by atoms with Crippen molar-refractivity contribution in [2.45, 2.75) is 12.1 Å². The van der Waals surface area contributed by atoms with Crippen molar-refractivity contribution in [3.05, 3.63) is 79.9 Å². The number of amides is 1. The number of methoxy groups -OCH3 is 1. The summed E-state index contributed by atoms with van der Waals surface area (Å²) >= 11 is 2.83. The minimum Gasteiger partial charge on any atom is -0.504 e. The smallest absolute Gasteiger partial charge is 0.290 e. The molecule has 0 saturated heterocycles. The lowest BCUT2D eigenvalue weighted by Gasteiger charge is -2.33. The Kier molecular flexibility index (Phi) is 6.55. The SMILES string of the molecule is COc1cc([C@H]2C(C(=O)c3cccs3)=C(O)C(=O)N2C[C@@H](c2cccs2)N(C)C)ccc1O. The van der Waals surface area contributed by atoms with Gasteiger partial charge in [0.15, 0.2) is 17.3 Å². The van der Waals surface area contributed by atoms with E-state index in [0.717, 1.165) is 4.88 Å². The van der Waals surface area contributed by atoms with Gasteiger partial charge in [0.05, 0.1) is 29.6 Å². The molecular weight excluding hydrogens is 460 g/mol. The van der Waals surface area contributed by atoms with Gasteiger partial charge in [0.2, 0.25) is 5.78 Å². The molecule has 2 atom stereocenters. The Balaban J connectivity index is 1.82. The third kappa shape index (κ3) is 4.27. The molecule has 4 rings (SSSR count). The van der Waals surface area contributed by atoms with E-state index in [1.807, 2.05) is 36.5 Å². The number of hydrogen-bond acceptors (Lipinski definition) is 8. The van der Waals surface area contributed by atoms with E-state index in [1.165, 1.54) is 29.4 Å². The summed E-state index contributed by atoms with van der Waals surface area (Å²) in [6, 6.07) is 11.1. The summed E-state index contributed by atoms with van der Waals surface area (Å²) in [4.78, 5) is 31.7. The highest BCUT2D eigenvalue weighted by molar-refractivity contribution is 7.12. The Bertz CT molecular complexity index is 1190. The molecule has 2 N–H and O–H groups in total. The van der Waals surface area contributed by atoms with E-state index < -0.39 is 23.5 Å². The van der Waals surface area contributed by atoms with Gasteiger partial charge in [0.1, 0.15) is 0 Å². The first-order valence-electron chi connectivity index (χ1n) is 10.2. The lowest BCUT2D eigenvalue weighted by molar-refractivity contribution is -0.130. The van der Waals surface area contributed by atoms with Gasteiger partial charge >= 0.3 is 0 Å². The van der Waals surface area contributed by atoms with Crippen LogP contribution in [-0.2, 0) is 4.79 Å². The first-order valence-corrected chi connectivity index (χ1v) is 12.0. The molecule has 2 aromatic heterocycles. The Morgan fingerprint density at radius 3 is 2.48 bits per heavy atom. The lowest BCUT2D eigenvalue weighted by Crippen LogP contribution is -2.38. The number of benzene rings is 1. The number of aliphatic hydroxyl groups excluding tert-OH is 1. The number of phenolic OH excluding ortho intramolecular Hbond substituents is 1. The molecule has 0 spiro atoms. The Labute approximate surface area is 199 Å². The van der Waals surface area contributed by atoms with Crippen molar-refractivity contribution < 1.29 is 24.5 Å². The minimum atomic E-state index is -0.830.